The van der Waals surface area contributed by atoms with E-state index < -0.39 is 11.2 Å². The van der Waals surface area contributed by atoms with Crippen LogP contribution in [0.25, 0.3) is 0 Å². The zero-order chi connectivity index (χ0) is 16.1. The normalized spacial score (nSPS) is 15.9. The fraction of sp³-hybridized carbons (Fsp3) is 0.733. The molecule has 1 aliphatic carbocycles. The first-order chi connectivity index (χ1) is 10.6. The Morgan fingerprint density at radius 2 is 1.86 bits per heavy atom. The molecular weight excluding hydrogens is 284 g/mol. The van der Waals surface area contributed by atoms with E-state index >= 15 is 0 Å². The molecule has 0 saturated heterocycles. The van der Waals surface area contributed by atoms with Gasteiger partial charge in [-0.1, -0.05) is 32.6 Å². The number of rotatable bonds is 6. The van der Waals surface area contributed by atoms with Crippen LogP contribution in [0.4, 0.5) is 11.5 Å². The molecule has 0 aromatic carbocycles. The van der Waals surface area contributed by atoms with Gasteiger partial charge >= 0.3 is 5.69 Å². The van der Waals surface area contributed by atoms with Gasteiger partial charge in [-0.05, 0) is 30.4 Å². The fourth-order valence-electron chi connectivity index (χ4n) is 3.11. The van der Waals surface area contributed by atoms with Crippen LogP contribution in [0.2, 0.25) is 0 Å². The molecule has 0 unspecified atom stereocenters. The van der Waals surface area contributed by atoms with Gasteiger partial charge in [0.2, 0.25) is 5.69 Å². The van der Waals surface area contributed by atoms with Crippen LogP contribution in [0, 0.1) is 10.8 Å². The molecule has 22 heavy (non-hydrogen) atoms. The molecule has 1 aromatic rings. The summed E-state index contributed by atoms with van der Waals surface area (Å²) in [6.45, 7) is 2.75. The first-order valence-corrected chi connectivity index (χ1v) is 8.06. The molecule has 1 aliphatic rings. The molecule has 0 aliphatic heterocycles. The minimum Gasteiger partial charge on any atom is -0.383 e. The van der Waals surface area contributed by atoms with Gasteiger partial charge in [-0.3, -0.25) is 13.9 Å². The molecule has 0 atom stereocenters. The lowest BCUT2D eigenvalue weighted by molar-refractivity contribution is 0.308. The van der Waals surface area contributed by atoms with E-state index in [1.165, 1.54) is 11.0 Å². The minimum absolute atomic E-state index is 0.113. The SMILES string of the molecule is CCCCn1c(N)c(N=O)c(=O)n(CC2CCCCC2)c1=O. The number of anilines is 1. The fourth-order valence-corrected chi connectivity index (χ4v) is 3.11. The minimum atomic E-state index is -0.657. The maximum Gasteiger partial charge on any atom is 0.332 e. The Morgan fingerprint density at radius 1 is 1.18 bits per heavy atom. The molecule has 122 valence electrons. The van der Waals surface area contributed by atoms with Gasteiger partial charge in [-0.15, -0.1) is 4.91 Å². The predicted molar refractivity (Wildman–Crippen MR) is 86.3 cm³/mol. The summed E-state index contributed by atoms with van der Waals surface area (Å²) >= 11 is 0. The lowest BCUT2D eigenvalue weighted by atomic mass is 9.89. The van der Waals surface area contributed by atoms with Crippen LogP contribution in [-0.4, -0.2) is 9.13 Å². The number of hydrogen-bond donors (Lipinski definition) is 1. The average Bonchev–Trinajstić information content (AvgIpc) is 2.53. The largest absolute Gasteiger partial charge is 0.383 e. The lowest BCUT2D eigenvalue weighted by Gasteiger charge is -2.22. The summed E-state index contributed by atoms with van der Waals surface area (Å²) in [5.41, 5.74) is 4.37. The van der Waals surface area contributed by atoms with Gasteiger partial charge in [0.25, 0.3) is 5.56 Å². The van der Waals surface area contributed by atoms with E-state index in [1.54, 1.807) is 0 Å². The van der Waals surface area contributed by atoms with Crippen molar-refractivity contribution < 1.29 is 0 Å². The Morgan fingerprint density at radius 3 is 2.45 bits per heavy atom. The maximum atomic E-state index is 12.6. The highest BCUT2D eigenvalue weighted by atomic mass is 16.3. The van der Waals surface area contributed by atoms with Gasteiger partial charge in [0.15, 0.2) is 0 Å². The van der Waals surface area contributed by atoms with Gasteiger partial charge in [-0.2, -0.15) is 0 Å². The third-order valence-electron chi connectivity index (χ3n) is 4.44. The second kappa shape index (κ2) is 7.38. The molecule has 7 heteroatoms. The highest BCUT2D eigenvalue weighted by Crippen LogP contribution is 2.24. The Hall–Kier alpha value is -1.92. The highest BCUT2D eigenvalue weighted by molar-refractivity contribution is 5.55. The van der Waals surface area contributed by atoms with Gasteiger partial charge in [0.1, 0.15) is 5.82 Å². The van der Waals surface area contributed by atoms with E-state index in [0.717, 1.165) is 43.1 Å². The summed E-state index contributed by atoms with van der Waals surface area (Å²) in [7, 11) is 0. The monoisotopic (exact) mass is 308 g/mol. The number of unbranched alkanes of at least 4 members (excludes halogenated alkanes) is 1. The van der Waals surface area contributed by atoms with Crippen molar-refractivity contribution in [3.05, 3.63) is 25.7 Å². The third kappa shape index (κ3) is 3.28. The second-order valence-corrected chi connectivity index (χ2v) is 6.03. The van der Waals surface area contributed by atoms with Crippen molar-refractivity contribution in [1.82, 2.24) is 9.13 Å². The van der Waals surface area contributed by atoms with Crippen LogP contribution >= 0.6 is 0 Å². The molecule has 0 bridgehead atoms. The van der Waals surface area contributed by atoms with E-state index in [2.05, 4.69) is 5.18 Å². The van der Waals surface area contributed by atoms with Crippen LogP contribution in [0.15, 0.2) is 14.8 Å². The Labute approximate surface area is 129 Å². The van der Waals surface area contributed by atoms with Crippen molar-refractivity contribution in [2.75, 3.05) is 5.73 Å². The van der Waals surface area contributed by atoms with E-state index in [4.69, 9.17) is 5.73 Å². The zero-order valence-electron chi connectivity index (χ0n) is 13.1. The number of nitrogens with two attached hydrogens (primary N) is 1. The summed E-state index contributed by atoms with van der Waals surface area (Å²) in [5.74, 6) is 0.195. The lowest BCUT2D eigenvalue weighted by Crippen LogP contribution is -2.42. The standard InChI is InChI=1S/C15H24N4O3/c1-2-3-9-18-13(16)12(17-22)14(20)19(15(18)21)10-11-7-5-4-6-8-11/h11H,2-10,16H2,1H3. The quantitative estimate of drug-likeness (QED) is 0.815. The van der Waals surface area contributed by atoms with Crippen molar-refractivity contribution in [2.45, 2.75) is 65.0 Å². The molecule has 0 radical (unpaired) electrons. The summed E-state index contributed by atoms with van der Waals surface area (Å²) < 4.78 is 2.46. The van der Waals surface area contributed by atoms with Crippen LogP contribution in [0.1, 0.15) is 51.9 Å². The Balaban J connectivity index is 2.44. The van der Waals surface area contributed by atoms with Crippen LogP contribution in [0.5, 0.6) is 0 Å². The first-order valence-electron chi connectivity index (χ1n) is 8.06. The number of hydrogen-bond acceptors (Lipinski definition) is 5. The smallest absolute Gasteiger partial charge is 0.332 e. The van der Waals surface area contributed by atoms with Crippen molar-refractivity contribution in [2.24, 2.45) is 11.1 Å². The molecule has 2 rings (SSSR count). The zero-order valence-corrected chi connectivity index (χ0v) is 13.1. The van der Waals surface area contributed by atoms with Crippen LogP contribution < -0.4 is 17.0 Å². The predicted octanol–water partition coefficient (Wildman–Crippen LogP) is 2.37. The topological polar surface area (TPSA) is 99.4 Å². The van der Waals surface area contributed by atoms with E-state index in [-0.39, 0.29) is 11.5 Å². The highest BCUT2D eigenvalue weighted by Gasteiger charge is 2.21. The summed E-state index contributed by atoms with van der Waals surface area (Å²) in [5, 5.41) is 2.77. The molecule has 0 amide bonds. The average molecular weight is 308 g/mol. The molecule has 7 nitrogen and oxygen atoms in total. The second-order valence-electron chi connectivity index (χ2n) is 6.03. The van der Waals surface area contributed by atoms with Gasteiger partial charge < -0.3 is 5.73 Å². The Kier molecular flexibility index (Phi) is 5.51. The summed E-state index contributed by atoms with van der Waals surface area (Å²) in [4.78, 5) is 35.8. The third-order valence-corrected chi connectivity index (χ3v) is 4.44. The molecule has 1 saturated carbocycles. The first kappa shape index (κ1) is 16.5. The van der Waals surface area contributed by atoms with Crippen molar-refractivity contribution >= 4 is 11.5 Å². The van der Waals surface area contributed by atoms with Crippen molar-refractivity contribution in [3.63, 3.8) is 0 Å². The maximum absolute atomic E-state index is 12.6. The summed E-state index contributed by atoms with van der Waals surface area (Å²) in [6.07, 6.45) is 7.11. The number of nitroso groups, excluding NO2 is 1. The molecule has 2 N–H and O–H groups in total. The molecule has 1 aromatic heterocycles. The molecule has 0 spiro atoms. The summed E-state index contributed by atoms with van der Waals surface area (Å²) in [6, 6.07) is 0. The van der Waals surface area contributed by atoms with Crippen molar-refractivity contribution in [1.29, 1.82) is 0 Å². The number of nitrogen functional groups attached to an aromatic ring is 1. The van der Waals surface area contributed by atoms with E-state index in [1.807, 2.05) is 6.92 Å². The Bertz CT molecular complexity index is 641. The molecule has 1 fully saturated rings. The van der Waals surface area contributed by atoms with E-state index in [9.17, 15) is 14.5 Å². The molecular formula is C15H24N4O3. The number of aromatic nitrogens is 2. The van der Waals surface area contributed by atoms with Crippen LogP contribution in [0.3, 0.4) is 0 Å². The van der Waals surface area contributed by atoms with Gasteiger partial charge in [0.05, 0.1) is 0 Å². The molecule has 1 heterocycles. The van der Waals surface area contributed by atoms with E-state index in [0.29, 0.717) is 19.0 Å². The number of nitrogens with zero attached hydrogens (tertiary/aromatic N) is 3. The van der Waals surface area contributed by atoms with Gasteiger partial charge in [0, 0.05) is 13.1 Å². The van der Waals surface area contributed by atoms with Crippen LogP contribution in [-0.2, 0) is 13.1 Å². The van der Waals surface area contributed by atoms with Gasteiger partial charge in [-0.25, -0.2) is 4.79 Å². The van der Waals surface area contributed by atoms with Crippen molar-refractivity contribution in [3.8, 4) is 0 Å².